The highest BCUT2D eigenvalue weighted by molar-refractivity contribution is 6.33. The Morgan fingerprint density at radius 3 is 1.75 bits per heavy atom. The van der Waals surface area contributed by atoms with Gasteiger partial charge in [0.15, 0.2) is 0 Å². The van der Waals surface area contributed by atoms with Crippen LogP contribution in [0.5, 0.6) is 0 Å². The molecule has 0 saturated carbocycles. The van der Waals surface area contributed by atoms with Crippen LogP contribution in [0, 0.1) is 0 Å². The monoisotopic (exact) mass is 240 g/mol. The van der Waals surface area contributed by atoms with Gasteiger partial charge < -0.3 is 5.11 Å². The summed E-state index contributed by atoms with van der Waals surface area (Å²) in [4.78, 5) is 10.1. The lowest BCUT2D eigenvalue weighted by molar-refractivity contribution is -0.137. The van der Waals surface area contributed by atoms with Crippen molar-refractivity contribution < 1.29 is 22.8 Å². The number of rotatable bonds is 8. The fourth-order valence-corrected chi connectivity index (χ4v) is 1.23. The van der Waals surface area contributed by atoms with Crippen LogP contribution in [0.3, 0.4) is 0 Å². The zero-order valence-electron chi connectivity index (χ0n) is 9.72. The molecule has 0 rings (SSSR count). The molecule has 0 atom stereocenters. The zero-order chi connectivity index (χ0) is 12.8. The SMILES string of the molecule is CCCCCCCCCC(=O)O.FB(F)F. The Hall–Kier alpha value is -0.675. The summed E-state index contributed by atoms with van der Waals surface area (Å²) >= 11 is 0. The summed E-state index contributed by atoms with van der Waals surface area (Å²) in [7, 11) is -3.67. The first-order valence-electron chi connectivity index (χ1n) is 5.64. The molecule has 0 heterocycles. The van der Waals surface area contributed by atoms with E-state index in [1.165, 1.54) is 32.1 Å². The molecule has 0 saturated heterocycles. The van der Waals surface area contributed by atoms with Crippen molar-refractivity contribution in [1.29, 1.82) is 0 Å². The minimum atomic E-state index is -3.67. The Labute approximate surface area is 95.5 Å². The molecule has 6 heteroatoms. The summed E-state index contributed by atoms with van der Waals surface area (Å²) < 4.78 is 29.0. The first-order valence-corrected chi connectivity index (χ1v) is 5.64. The van der Waals surface area contributed by atoms with Crippen molar-refractivity contribution in [2.75, 3.05) is 0 Å². The van der Waals surface area contributed by atoms with Gasteiger partial charge in [0.25, 0.3) is 0 Å². The number of carbonyl (C=O) groups is 1. The predicted molar refractivity (Wildman–Crippen MR) is 59.3 cm³/mol. The smallest absolute Gasteiger partial charge is 0.481 e. The molecule has 2 nitrogen and oxygen atoms in total. The predicted octanol–water partition coefficient (Wildman–Crippen LogP) is 4.09. The molecule has 0 aliphatic carbocycles. The maximum Gasteiger partial charge on any atom is 0.762 e. The number of hydrogen-bond donors (Lipinski definition) is 1. The molecule has 0 unspecified atom stereocenters. The lowest BCUT2D eigenvalue weighted by Crippen LogP contribution is -1.93. The Morgan fingerprint density at radius 1 is 1.00 bits per heavy atom. The van der Waals surface area contributed by atoms with Gasteiger partial charge in [-0.2, -0.15) is 0 Å². The molecule has 0 aliphatic rings. The van der Waals surface area contributed by atoms with Crippen molar-refractivity contribution in [3.63, 3.8) is 0 Å². The average molecular weight is 240 g/mol. The molecular formula is C10H20BF3O2. The number of carboxylic acid groups (broad SMARTS) is 1. The standard InChI is InChI=1S/C10H20O2.BF3/c1-2-3-4-5-6-7-8-9-10(11)12;2-1(3)4/h2-9H2,1H3,(H,11,12);. The molecule has 0 amide bonds. The molecule has 0 spiro atoms. The van der Waals surface area contributed by atoms with Gasteiger partial charge in [0.2, 0.25) is 0 Å². The van der Waals surface area contributed by atoms with Gasteiger partial charge in [-0.15, -0.1) is 0 Å². The van der Waals surface area contributed by atoms with Crippen LogP contribution in [0.2, 0.25) is 0 Å². The van der Waals surface area contributed by atoms with Gasteiger partial charge >= 0.3 is 13.5 Å². The van der Waals surface area contributed by atoms with E-state index in [2.05, 4.69) is 6.92 Å². The topological polar surface area (TPSA) is 37.3 Å². The van der Waals surface area contributed by atoms with Crippen LogP contribution in [-0.4, -0.2) is 18.6 Å². The molecule has 1 N–H and O–H groups in total. The van der Waals surface area contributed by atoms with E-state index < -0.39 is 13.5 Å². The van der Waals surface area contributed by atoms with Crippen molar-refractivity contribution in [3.05, 3.63) is 0 Å². The molecule has 96 valence electrons. The highest BCUT2D eigenvalue weighted by atomic mass is 19.4. The fourth-order valence-electron chi connectivity index (χ4n) is 1.23. The van der Waals surface area contributed by atoms with Crippen molar-refractivity contribution in [2.24, 2.45) is 0 Å². The first-order chi connectivity index (χ1) is 7.50. The van der Waals surface area contributed by atoms with Crippen molar-refractivity contribution >= 4 is 13.5 Å². The Morgan fingerprint density at radius 2 is 1.38 bits per heavy atom. The van der Waals surface area contributed by atoms with Gasteiger partial charge in [-0.05, 0) is 6.42 Å². The van der Waals surface area contributed by atoms with Gasteiger partial charge in [0.05, 0.1) is 0 Å². The van der Waals surface area contributed by atoms with Crippen LogP contribution in [0.25, 0.3) is 0 Å². The summed E-state index contributed by atoms with van der Waals surface area (Å²) in [6, 6.07) is 0. The molecule has 0 aliphatic heterocycles. The number of unbranched alkanes of at least 4 members (excludes halogenated alkanes) is 6. The third-order valence-corrected chi connectivity index (χ3v) is 1.99. The molecular weight excluding hydrogens is 220 g/mol. The molecule has 0 fully saturated rings. The van der Waals surface area contributed by atoms with Gasteiger partial charge in [-0.3, -0.25) is 17.7 Å². The maximum atomic E-state index is 10.1. The lowest BCUT2D eigenvalue weighted by Gasteiger charge is -1.98. The molecule has 0 bridgehead atoms. The summed E-state index contributed by atoms with van der Waals surface area (Å²) in [6.07, 6.45) is 8.64. The van der Waals surface area contributed by atoms with E-state index in [1.54, 1.807) is 0 Å². The second-order valence-electron chi connectivity index (χ2n) is 3.51. The minimum Gasteiger partial charge on any atom is -0.481 e. The summed E-state index contributed by atoms with van der Waals surface area (Å²) in [5, 5.41) is 8.35. The molecule has 0 aromatic carbocycles. The van der Waals surface area contributed by atoms with Crippen LogP contribution >= 0.6 is 0 Å². The highest BCUT2D eigenvalue weighted by Gasteiger charge is 2.06. The lowest BCUT2D eigenvalue weighted by atomic mass is 10.1. The normalized spacial score (nSPS) is 9.25. The summed E-state index contributed by atoms with van der Waals surface area (Å²) in [6.45, 7) is 2.20. The highest BCUT2D eigenvalue weighted by Crippen LogP contribution is 2.07. The number of carboxylic acids is 1. The van der Waals surface area contributed by atoms with Gasteiger partial charge in [-0.25, -0.2) is 0 Å². The number of aliphatic carboxylic acids is 1. The summed E-state index contributed by atoms with van der Waals surface area (Å²) in [5.41, 5.74) is 0. The molecule has 0 aromatic rings. The van der Waals surface area contributed by atoms with Crippen LogP contribution in [0.4, 0.5) is 12.9 Å². The first kappa shape index (κ1) is 17.7. The minimum absolute atomic E-state index is 0.341. The number of hydrogen-bond acceptors (Lipinski definition) is 1. The van der Waals surface area contributed by atoms with E-state index in [0.717, 1.165) is 12.8 Å². The Bertz CT molecular complexity index is 154. The van der Waals surface area contributed by atoms with Gasteiger partial charge in [0.1, 0.15) is 0 Å². The largest absolute Gasteiger partial charge is 0.762 e. The van der Waals surface area contributed by atoms with Crippen molar-refractivity contribution in [1.82, 2.24) is 0 Å². The van der Waals surface area contributed by atoms with E-state index in [9.17, 15) is 17.7 Å². The zero-order valence-corrected chi connectivity index (χ0v) is 9.72. The van der Waals surface area contributed by atoms with Crippen LogP contribution in [0.15, 0.2) is 0 Å². The summed E-state index contributed by atoms with van der Waals surface area (Å²) in [5.74, 6) is -0.663. The van der Waals surface area contributed by atoms with Crippen molar-refractivity contribution in [2.45, 2.75) is 58.3 Å². The fraction of sp³-hybridized carbons (Fsp3) is 0.900. The quantitative estimate of drug-likeness (QED) is 0.512. The second kappa shape index (κ2) is 14.3. The third-order valence-electron chi connectivity index (χ3n) is 1.99. The van der Waals surface area contributed by atoms with Crippen molar-refractivity contribution in [3.8, 4) is 0 Å². The molecule has 0 aromatic heterocycles. The van der Waals surface area contributed by atoms with Gasteiger partial charge in [-0.1, -0.05) is 45.4 Å². The van der Waals surface area contributed by atoms with Crippen LogP contribution in [0.1, 0.15) is 58.3 Å². The third kappa shape index (κ3) is 29.2. The van der Waals surface area contributed by atoms with Gasteiger partial charge in [0, 0.05) is 6.42 Å². The van der Waals surface area contributed by atoms with E-state index in [4.69, 9.17) is 5.11 Å². The van der Waals surface area contributed by atoms with E-state index >= 15 is 0 Å². The maximum absolute atomic E-state index is 10.1. The molecule has 0 radical (unpaired) electrons. The molecule has 16 heavy (non-hydrogen) atoms. The Balaban J connectivity index is 0. The van der Waals surface area contributed by atoms with Crippen LogP contribution in [-0.2, 0) is 4.79 Å². The Kier molecular flexibility index (Phi) is 15.9. The average Bonchev–Trinajstić information content (AvgIpc) is 2.15. The van der Waals surface area contributed by atoms with E-state index in [1.807, 2.05) is 0 Å². The van der Waals surface area contributed by atoms with E-state index in [-0.39, 0.29) is 0 Å². The van der Waals surface area contributed by atoms with Crippen LogP contribution < -0.4 is 0 Å². The number of halogens is 3. The van der Waals surface area contributed by atoms with E-state index in [0.29, 0.717) is 6.42 Å². The second-order valence-corrected chi connectivity index (χ2v) is 3.51.